The fraction of sp³-hybridized carbons (Fsp3) is 0.333. The third-order valence-corrected chi connectivity index (χ3v) is 6.60. The van der Waals surface area contributed by atoms with Crippen LogP contribution in [-0.2, 0) is 26.1 Å². The van der Waals surface area contributed by atoms with Crippen molar-refractivity contribution >= 4 is 27.5 Å². The van der Waals surface area contributed by atoms with Gasteiger partial charge in [0, 0.05) is 38.5 Å². The second kappa shape index (κ2) is 9.38. The molecule has 1 saturated heterocycles. The maximum Gasteiger partial charge on any atom is 0.253 e. The molecule has 1 heterocycles. The van der Waals surface area contributed by atoms with E-state index in [4.69, 9.17) is 4.74 Å². The predicted octanol–water partition coefficient (Wildman–Crippen LogP) is 1.98. The zero-order valence-corrected chi connectivity index (χ0v) is 17.7. The van der Waals surface area contributed by atoms with E-state index in [1.165, 1.54) is 26.2 Å². The molecule has 1 unspecified atom stereocenters. The largest absolute Gasteiger partial charge is 0.368 e. The molecule has 0 bridgehead atoms. The lowest BCUT2D eigenvalue weighted by Gasteiger charge is -2.12. The van der Waals surface area contributed by atoms with Gasteiger partial charge < -0.3 is 15.4 Å². The van der Waals surface area contributed by atoms with E-state index < -0.39 is 16.1 Å². The first-order valence-corrected chi connectivity index (χ1v) is 11.0. The molecule has 1 fully saturated rings. The molecule has 2 aromatic rings. The Hall–Kier alpha value is -2.75. The molecule has 30 heavy (non-hydrogen) atoms. The van der Waals surface area contributed by atoms with Gasteiger partial charge in [-0.15, -0.1) is 0 Å². The summed E-state index contributed by atoms with van der Waals surface area (Å²) in [4.78, 5) is 24.8. The molecule has 160 valence electrons. The number of carbonyl (C=O) groups is 2. The lowest BCUT2D eigenvalue weighted by molar-refractivity contribution is -0.124. The normalized spacial score (nSPS) is 16.4. The van der Waals surface area contributed by atoms with Crippen LogP contribution in [0.2, 0.25) is 0 Å². The molecule has 0 spiro atoms. The van der Waals surface area contributed by atoms with Gasteiger partial charge in [0.2, 0.25) is 10.0 Å². The molecular weight excluding hydrogens is 406 g/mol. The highest BCUT2D eigenvalue weighted by Gasteiger charge is 2.23. The van der Waals surface area contributed by atoms with Crippen LogP contribution in [0, 0.1) is 0 Å². The standard InChI is InChI=1S/C21H25N3O5S/c1-24(2)30(27,28)18-10-8-15(9-11-18)14-22-20(25)16-5-3-6-17(13-16)23-21(26)19-7-4-12-29-19/h3,5-6,8-11,13,19H,4,7,12,14H2,1-2H3,(H,22,25)(H,23,26). The monoisotopic (exact) mass is 431 g/mol. The van der Waals surface area contributed by atoms with E-state index in [2.05, 4.69) is 10.6 Å². The highest BCUT2D eigenvalue weighted by molar-refractivity contribution is 7.89. The second-order valence-corrected chi connectivity index (χ2v) is 9.34. The number of amides is 2. The van der Waals surface area contributed by atoms with Gasteiger partial charge in [-0.2, -0.15) is 0 Å². The van der Waals surface area contributed by atoms with E-state index in [0.29, 0.717) is 24.3 Å². The number of sulfonamides is 1. The fourth-order valence-corrected chi connectivity index (χ4v) is 3.92. The van der Waals surface area contributed by atoms with Crippen molar-refractivity contribution in [2.45, 2.75) is 30.4 Å². The van der Waals surface area contributed by atoms with E-state index in [1.807, 2.05) is 0 Å². The maximum absolute atomic E-state index is 12.5. The Morgan fingerprint density at radius 2 is 1.87 bits per heavy atom. The molecule has 1 aliphatic heterocycles. The van der Waals surface area contributed by atoms with Crippen molar-refractivity contribution in [3.8, 4) is 0 Å². The Bertz CT molecular complexity index is 1010. The van der Waals surface area contributed by atoms with Gasteiger partial charge in [-0.05, 0) is 48.7 Å². The number of ether oxygens (including phenoxy) is 1. The van der Waals surface area contributed by atoms with Gasteiger partial charge in [0.1, 0.15) is 6.10 Å². The maximum atomic E-state index is 12.5. The Balaban J connectivity index is 1.59. The molecule has 0 saturated carbocycles. The first-order chi connectivity index (χ1) is 14.3. The van der Waals surface area contributed by atoms with Crippen LogP contribution in [0.25, 0.3) is 0 Å². The number of nitrogens with one attached hydrogen (secondary N) is 2. The van der Waals surface area contributed by atoms with Crippen molar-refractivity contribution in [1.82, 2.24) is 9.62 Å². The topological polar surface area (TPSA) is 105 Å². The summed E-state index contributed by atoms with van der Waals surface area (Å²) < 4.78 is 30.7. The number of rotatable bonds is 7. The fourth-order valence-electron chi connectivity index (χ4n) is 3.02. The van der Waals surface area contributed by atoms with Gasteiger partial charge in [0.05, 0.1) is 4.90 Å². The van der Waals surface area contributed by atoms with Gasteiger partial charge in [-0.1, -0.05) is 18.2 Å². The summed E-state index contributed by atoms with van der Waals surface area (Å²) in [5, 5.41) is 5.57. The quantitative estimate of drug-likeness (QED) is 0.698. The summed E-state index contributed by atoms with van der Waals surface area (Å²) in [6.07, 6.45) is 1.12. The van der Waals surface area contributed by atoms with Gasteiger partial charge in [0.25, 0.3) is 11.8 Å². The minimum Gasteiger partial charge on any atom is -0.368 e. The van der Waals surface area contributed by atoms with Crippen LogP contribution in [-0.4, -0.2) is 51.3 Å². The summed E-state index contributed by atoms with van der Waals surface area (Å²) in [6.45, 7) is 0.830. The summed E-state index contributed by atoms with van der Waals surface area (Å²) in [5.41, 5.74) is 1.71. The second-order valence-electron chi connectivity index (χ2n) is 7.19. The molecule has 1 atom stereocenters. The zero-order valence-electron chi connectivity index (χ0n) is 16.9. The smallest absolute Gasteiger partial charge is 0.253 e. The number of hydrogen-bond acceptors (Lipinski definition) is 5. The van der Waals surface area contributed by atoms with Gasteiger partial charge in [-0.3, -0.25) is 9.59 Å². The van der Waals surface area contributed by atoms with Crippen LogP contribution < -0.4 is 10.6 Å². The highest BCUT2D eigenvalue weighted by atomic mass is 32.2. The number of anilines is 1. The molecule has 1 aliphatic rings. The van der Waals surface area contributed by atoms with E-state index in [1.54, 1.807) is 36.4 Å². The molecule has 0 aromatic heterocycles. The average Bonchev–Trinajstić information content (AvgIpc) is 3.27. The molecule has 2 N–H and O–H groups in total. The van der Waals surface area contributed by atoms with Crippen molar-refractivity contribution in [3.63, 3.8) is 0 Å². The van der Waals surface area contributed by atoms with E-state index in [-0.39, 0.29) is 23.3 Å². The van der Waals surface area contributed by atoms with Crippen molar-refractivity contribution in [3.05, 3.63) is 59.7 Å². The summed E-state index contributed by atoms with van der Waals surface area (Å²) in [6, 6.07) is 13.0. The van der Waals surface area contributed by atoms with Crippen LogP contribution in [0.5, 0.6) is 0 Å². The van der Waals surface area contributed by atoms with E-state index in [0.717, 1.165) is 16.3 Å². The van der Waals surface area contributed by atoms with E-state index in [9.17, 15) is 18.0 Å². The molecule has 0 radical (unpaired) electrons. The van der Waals surface area contributed by atoms with Crippen LogP contribution in [0.1, 0.15) is 28.8 Å². The SMILES string of the molecule is CN(C)S(=O)(=O)c1ccc(CNC(=O)c2cccc(NC(=O)C3CCCO3)c2)cc1. The third kappa shape index (κ3) is 5.24. The lowest BCUT2D eigenvalue weighted by atomic mass is 10.1. The van der Waals surface area contributed by atoms with Gasteiger partial charge in [-0.25, -0.2) is 12.7 Å². The summed E-state index contributed by atoms with van der Waals surface area (Å²) in [5.74, 6) is -0.508. The first-order valence-electron chi connectivity index (χ1n) is 9.59. The Kier molecular flexibility index (Phi) is 6.86. The molecule has 3 rings (SSSR count). The van der Waals surface area contributed by atoms with Crippen LogP contribution in [0.4, 0.5) is 5.69 Å². The van der Waals surface area contributed by atoms with E-state index >= 15 is 0 Å². The predicted molar refractivity (Wildman–Crippen MR) is 113 cm³/mol. The molecule has 2 aromatic carbocycles. The van der Waals surface area contributed by atoms with Crippen LogP contribution in [0.3, 0.4) is 0 Å². The molecule has 9 heteroatoms. The van der Waals surface area contributed by atoms with Gasteiger partial charge in [0.15, 0.2) is 0 Å². The van der Waals surface area contributed by atoms with Crippen molar-refractivity contribution in [2.75, 3.05) is 26.0 Å². The molecule has 2 amide bonds. The highest BCUT2D eigenvalue weighted by Crippen LogP contribution is 2.17. The Labute approximate surface area is 176 Å². The minimum absolute atomic E-state index is 0.192. The number of carbonyl (C=O) groups excluding carboxylic acids is 2. The molecular formula is C21H25N3O5S. The number of benzene rings is 2. The average molecular weight is 432 g/mol. The first kappa shape index (κ1) is 21.9. The van der Waals surface area contributed by atoms with Crippen molar-refractivity contribution in [1.29, 1.82) is 0 Å². The molecule has 0 aliphatic carbocycles. The number of nitrogens with zero attached hydrogens (tertiary/aromatic N) is 1. The zero-order chi connectivity index (χ0) is 21.7. The summed E-state index contributed by atoms with van der Waals surface area (Å²) in [7, 11) is -0.540. The lowest BCUT2D eigenvalue weighted by Crippen LogP contribution is -2.27. The van der Waals surface area contributed by atoms with Crippen LogP contribution >= 0.6 is 0 Å². The number of hydrogen-bond donors (Lipinski definition) is 2. The Morgan fingerprint density at radius 3 is 2.50 bits per heavy atom. The third-order valence-electron chi connectivity index (χ3n) is 4.77. The van der Waals surface area contributed by atoms with Gasteiger partial charge >= 0.3 is 0 Å². The van der Waals surface area contributed by atoms with Crippen molar-refractivity contribution in [2.24, 2.45) is 0 Å². The Morgan fingerprint density at radius 1 is 1.13 bits per heavy atom. The molecule has 8 nitrogen and oxygen atoms in total. The van der Waals surface area contributed by atoms with Crippen LogP contribution in [0.15, 0.2) is 53.4 Å². The minimum atomic E-state index is -3.49. The summed E-state index contributed by atoms with van der Waals surface area (Å²) >= 11 is 0. The van der Waals surface area contributed by atoms with Crippen molar-refractivity contribution < 1.29 is 22.7 Å².